The number of hydrogen-bond donors (Lipinski definition) is 0. The molecule has 0 fully saturated rings. The number of rotatable bonds is 4. The minimum Gasteiger partial charge on any atom is -0.0619 e. The van der Waals surface area contributed by atoms with E-state index in [9.17, 15) is 0 Å². The van der Waals surface area contributed by atoms with Crippen LogP contribution in [-0.4, -0.2) is 0 Å². The highest BCUT2D eigenvalue weighted by Gasteiger charge is 2.38. The van der Waals surface area contributed by atoms with Crippen molar-refractivity contribution in [1.82, 2.24) is 0 Å². The predicted molar refractivity (Wildman–Crippen MR) is 276 cm³/mol. The van der Waals surface area contributed by atoms with Crippen molar-refractivity contribution in [2.24, 2.45) is 0 Å². The largest absolute Gasteiger partial charge is 0.0619 e. The lowest BCUT2D eigenvalue weighted by molar-refractivity contribution is 0.660. The molecule has 10 aromatic rings. The summed E-state index contributed by atoms with van der Waals surface area (Å²) in [5, 5.41) is 5.08. The van der Waals surface area contributed by atoms with Gasteiger partial charge in [-0.1, -0.05) is 211 Å². The average molecular weight is 831 g/mol. The quantitative estimate of drug-likeness (QED) is 0.155. The van der Waals surface area contributed by atoms with Crippen molar-refractivity contribution in [3.63, 3.8) is 0 Å². The Morgan fingerprint density at radius 2 is 0.569 bits per heavy atom. The zero-order chi connectivity index (χ0) is 44.0. The fourth-order valence-corrected chi connectivity index (χ4v) is 12.5. The molecule has 0 bridgehead atoms. The van der Waals surface area contributed by atoms with E-state index in [1.807, 2.05) is 0 Å². The molecule has 3 aliphatic rings. The molecule has 0 heterocycles. The smallest absolute Gasteiger partial charge is 0.0159 e. The van der Waals surface area contributed by atoms with Crippen LogP contribution in [0.1, 0.15) is 74.9 Å². The average Bonchev–Trinajstić information content (AvgIpc) is 3.82. The predicted octanol–water partition coefficient (Wildman–Crippen LogP) is 17.6. The Morgan fingerprint density at radius 3 is 1.14 bits per heavy atom. The van der Waals surface area contributed by atoms with Gasteiger partial charge in [-0.3, -0.25) is 0 Å². The molecular weight excluding hydrogens is 781 g/mol. The minimum atomic E-state index is -0.0744. The molecule has 0 nitrogen and oxygen atoms in total. The Morgan fingerprint density at radius 1 is 0.215 bits per heavy atom. The Kier molecular flexibility index (Phi) is 7.86. The van der Waals surface area contributed by atoms with E-state index in [1.54, 1.807) is 0 Å². The van der Waals surface area contributed by atoms with Gasteiger partial charge in [-0.2, -0.15) is 0 Å². The summed E-state index contributed by atoms with van der Waals surface area (Å²) in [5.41, 5.74) is 26.4. The maximum absolute atomic E-state index is 2.49. The van der Waals surface area contributed by atoms with Gasteiger partial charge in [-0.15, -0.1) is 0 Å². The Hall–Kier alpha value is -7.28. The molecule has 3 aliphatic carbocycles. The maximum atomic E-state index is 2.49. The van der Waals surface area contributed by atoms with Crippen LogP contribution in [0.15, 0.2) is 194 Å². The van der Waals surface area contributed by atoms with E-state index in [-0.39, 0.29) is 16.2 Å². The zero-order valence-corrected chi connectivity index (χ0v) is 38.0. The summed E-state index contributed by atoms with van der Waals surface area (Å²) in [4.78, 5) is 0. The molecule has 0 aliphatic heterocycles. The fourth-order valence-electron chi connectivity index (χ4n) is 12.5. The number of hydrogen-bond acceptors (Lipinski definition) is 0. The van der Waals surface area contributed by atoms with E-state index in [2.05, 4.69) is 236 Å². The topological polar surface area (TPSA) is 0 Å². The van der Waals surface area contributed by atoms with Gasteiger partial charge >= 0.3 is 0 Å². The first-order valence-corrected chi connectivity index (χ1v) is 23.3. The first-order chi connectivity index (χ1) is 31.5. The summed E-state index contributed by atoms with van der Waals surface area (Å²) >= 11 is 0. The lowest BCUT2D eigenvalue weighted by Gasteiger charge is -2.23. The van der Waals surface area contributed by atoms with Gasteiger partial charge in [0.05, 0.1) is 0 Å². The second-order valence-electron chi connectivity index (χ2n) is 20.4. The van der Waals surface area contributed by atoms with E-state index in [4.69, 9.17) is 0 Å². The molecule has 0 heteroatoms. The van der Waals surface area contributed by atoms with Crippen LogP contribution < -0.4 is 0 Å². The van der Waals surface area contributed by atoms with Crippen molar-refractivity contribution < 1.29 is 0 Å². The van der Waals surface area contributed by atoms with E-state index in [0.717, 1.165) is 0 Å². The number of fused-ring (bicyclic) bond motifs is 11. The second kappa shape index (κ2) is 13.4. The molecule has 0 spiro atoms. The van der Waals surface area contributed by atoms with Crippen LogP contribution in [0.2, 0.25) is 0 Å². The fraction of sp³-hybridized carbons (Fsp3) is 0.138. The maximum Gasteiger partial charge on any atom is 0.0159 e. The van der Waals surface area contributed by atoms with E-state index >= 15 is 0 Å². The van der Waals surface area contributed by atoms with Crippen LogP contribution in [0, 0.1) is 0 Å². The minimum absolute atomic E-state index is 0.0419. The third kappa shape index (κ3) is 5.32. The molecule has 0 saturated carbocycles. The highest BCUT2D eigenvalue weighted by molar-refractivity contribution is 6.22. The molecule has 13 rings (SSSR count). The molecule has 0 N–H and O–H groups in total. The third-order valence-corrected chi connectivity index (χ3v) is 15.9. The van der Waals surface area contributed by atoms with Crippen molar-refractivity contribution in [2.45, 2.75) is 57.8 Å². The van der Waals surface area contributed by atoms with Crippen LogP contribution in [-0.2, 0) is 16.2 Å². The van der Waals surface area contributed by atoms with Crippen molar-refractivity contribution in [3.05, 3.63) is 228 Å². The highest BCUT2D eigenvalue weighted by Crippen LogP contribution is 2.54. The standard InChI is InChI=1S/C65H50/c1-63(2)57-22-14-11-17-47(57)53-36-44(30-34-58(53)63)62-51-19-8-7-18-50(51)61(40-25-23-39(24-26-40)42-27-31-48-45-15-9-12-20-55(45)64(3,4)59(48)37-42)52-33-29-41(35-54(52)62)43-28-32-49-46-16-10-13-21-56(46)65(5,6)60(49)38-43/h7-38H,1-6H3. The monoisotopic (exact) mass is 830 g/mol. The SMILES string of the molecule is CC1(C)c2ccccc2-c2cc(-c3c4ccccc4c(-c4ccc(-c5ccc6c(c5)C(C)(C)c5ccccc5-6)cc4)c4ccc(-c5ccc6c(c5)C(C)(C)c5ccccc5-6)cc34)ccc21. The lowest BCUT2D eigenvalue weighted by Crippen LogP contribution is -2.14. The van der Waals surface area contributed by atoms with Crippen molar-refractivity contribution in [3.8, 4) is 77.9 Å². The van der Waals surface area contributed by atoms with Crippen LogP contribution in [0.3, 0.4) is 0 Å². The van der Waals surface area contributed by atoms with Crippen molar-refractivity contribution in [1.29, 1.82) is 0 Å². The zero-order valence-electron chi connectivity index (χ0n) is 38.0. The van der Waals surface area contributed by atoms with Crippen molar-refractivity contribution in [2.75, 3.05) is 0 Å². The van der Waals surface area contributed by atoms with Gasteiger partial charge in [0.1, 0.15) is 0 Å². The highest BCUT2D eigenvalue weighted by atomic mass is 14.4. The summed E-state index contributed by atoms with van der Waals surface area (Å²) in [6.45, 7) is 14.2. The van der Waals surface area contributed by atoms with Gasteiger partial charge in [-0.05, 0) is 157 Å². The van der Waals surface area contributed by atoms with E-state index < -0.39 is 0 Å². The Labute approximate surface area is 382 Å². The van der Waals surface area contributed by atoms with Crippen molar-refractivity contribution >= 4 is 21.5 Å². The van der Waals surface area contributed by atoms with E-state index in [1.165, 1.54) is 133 Å². The summed E-state index contributed by atoms with van der Waals surface area (Å²) in [6, 6.07) is 74.1. The summed E-state index contributed by atoms with van der Waals surface area (Å²) < 4.78 is 0. The Balaban J connectivity index is 1.01. The van der Waals surface area contributed by atoms with Gasteiger partial charge in [0.2, 0.25) is 0 Å². The van der Waals surface area contributed by atoms with E-state index in [0.29, 0.717) is 0 Å². The van der Waals surface area contributed by atoms with Gasteiger partial charge in [0.15, 0.2) is 0 Å². The summed E-state index contributed by atoms with van der Waals surface area (Å²) in [7, 11) is 0. The number of benzene rings is 10. The molecule has 10 aromatic carbocycles. The van der Waals surface area contributed by atoms with Gasteiger partial charge in [0.25, 0.3) is 0 Å². The molecule has 0 aromatic heterocycles. The van der Waals surface area contributed by atoms with Crippen LogP contribution in [0.4, 0.5) is 0 Å². The molecule has 0 radical (unpaired) electrons. The molecule has 0 unspecified atom stereocenters. The molecular formula is C65H50. The first-order valence-electron chi connectivity index (χ1n) is 23.3. The van der Waals surface area contributed by atoms with Gasteiger partial charge in [-0.25, -0.2) is 0 Å². The summed E-state index contributed by atoms with van der Waals surface area (Å²) in [5.74, 6) is 0. The Bertz CT molecular complexity index is 3660. The normalized spacial score (nSPS) is 15.3. The second-order valence-corrected chi connectivity index (χ2v) is 20.4. The molecule has 65 heavy (non-hydrogen) atoms. The van der Waals surface area contributed by atoms with Crippen LogP contribution in [0.25, 0.3) is 99.4 Å². The van der Waals surface area contributed by atoms with Gasteiger partial charge in [0, 0.05) is 16.2 Å². The third-order valence-electron chi connectivity index (χ3n) is 15.9. The van der Waals surface area contributed by atoms with Gasteiger partial charge < -0.3 is 0 Å². The summed E-state index contributed by atoms with van der Waals surface area (Å²) in [6.07, 6.45) is 0. The molecule has 0 amide bonds. The molecule has 0 saturated heterocycles. The molecule has 0 atom stereocenters. The van der Waals surface area contributed by atoms with Crippen LogP contribution >= 0.6 is 0 Å². The van der Waals surface area contributed by atoms with Crippen LogP contribution in [0.5, 0.6) is 0 Å². The molecule has 310 valence electrons. The lowest BCUT2D eigenvalue weighted by atomic mass is 9.80. The first kappa shape index (κ1) is 38.2.